The van der Waals surface area contributed by atoms with Gasteiger partial charge < -0.3 is 10.2 Å². The van der Waals surface area contributed by atoms with Gasteiger partial charge in [-0.05, 0) is 36.5 Å². The van der Waals surface area contributed by atoms with E-state index in [2.05, 4.69) is 40.3 Å². The van der Waals surface area contributed by atoms with Gasteiger partial charge in [0, 0.05) is 43.7 Å². The van der Waals surface area contributed by atoms with E-state index in [1.54, 1.807) is 0 Å². The molecule has 1 aliphatic heterocycles. The number of aromatic nitrogens is 3. The average molecular weight is 359 g/mol. The van der Waals surface area contributed by atoms with Crippen LogP contribution in [-0.2, 0) is 6.54 Å². The molecule has 1 N–H and O–H groups in total. The normalized spacial score (nSPS) is 16.9. The molecule has 5 nitrogen and oxygen atoms in total. The molecule has 1 saturated heterocycles. The molecule has 3 heterocycles. The summed E-state index contributed by atoms with van der Waals surface area (Å²) >= 11 is 0. The first-order valence-electron chi connectivity index (χ1n) is 9.60. The maximum atomic E-state index is 4.88. The number of rotatable bonds is 5. The summed E-state index contributed by atoms with van der Waals surface area (Å²) in [6, 6.07) is 16.3. The third kappa shape index (κ3) is 4.42. The van der Waals surface area contributed by atoms with Crippen molar-refractivity contribution >= 4 is 11.6 Å². The Kier molecular flexibility index (Phi) is 5.28. The highest BCUT2D eigenvalue weighted by Crippen LogP contribution is 2.26. The molecule has 0 amide bonds. The summed E-state index contributed by atoms with van der Waals surface area (Å²) < 4.78 is 0. The monoisotopic (exact) mass is 359 g/mol. The molecule has 2 aromatic heterocycles. The average Bonchev–Trinajstić information content (AvgIpc) is 2.73. The first-order chi connectivity index (χ1) is 13.3. The standard InChI is InChI=1S/C22H25N5/c1-17-6-5-13-27(16-17)21-14-20(24-15-18-9-11-23-12-10-18)25-22(26-21)19-7-3-2-4-8-19/h2-4,7-12,14,17H,5-6,13,15-16H2,1H3,(H,24,25,26). The lowest BCUT2D eigenvalue weighted by molar-refractivity contribution is 0.444. The predicted octanol–water partition coefficient (Wildman–Crippen LogP) is 4.39. The molecule has 0 bridgehead atoms. The number of piperidine rings is 1. The van der Waals surface area contributed by atoms with E-state index in [1.165, 1.54) is 18.4 Å². The Morgan fingerprint density at radius 1 is 1.07 bits per heavy atom. The lowest BCUT2D eigenvalue weighted by atomic mass is 10.0. The van der Waals surface area contributed by atoms with Crippen molar-refractivity contribution < 1.29 is 0 Å². The molecule has 5 heteroatoms. The van der Waals surface area contributed by atoms with E-state index in [-0.39, 0.29) is 0 Å². The van der Waals surface area contributed by atoms with Gasteiger partial charge in [-0.3, -0.25) is 4.98 Å². The molecule has 4 rings (SSSR count). The molecule has 1 atom stereocenters. The molecule has 0 radical (unpaired) electrons. The number of nitrogens with one attached hydrogen (secondary N) is 1. The molecule has 1 fully saturated rings. The van der Waals surface area contributed by atoms with Gasteiger partial charge in [-0.15, -0.1) is 0 Å². The minimum Gasteiger partial charge on any atom is -0.366 e. The van der Waals surface area contributed by atoms with Crippen molar-refractivity contribution in [2.24, 2.45) is 5.92 Å². The van der Waals surface area contributed by atoms with Crippen LogP contribution in [0.4, 0.5) is 11.6 Å². The Labute approximate surface area is 160 Å². The Morgan fingerprint density at radius 2 is 1.89 bits per heavy atom. The molecule has 3 aromatic rings. The van der Waals surface area contributed by atoms with E-state index in [1.807, 2.05) is 42.7 Å². The highest BCUT2D eigenvalue weighted by molar-refractivity contribution is 5.62. The number of pyridine rings is 1. The minimum absolute atomic E-state index is 0.696. The second-order valence-corrected chi connectivity index (χ2v) is 7.20. The van der Waals surface area contributed by atoms with Crippen LogP contribution in [0.2, 0.25) is 0 Å². The van der Waals surface area contributed by atoms with Crippen molar-refractivity contribution in [3.63, 3.8) is 0 Å². The third-order valence-corrected chi connectivity index (χ3v) is 4.95. The van der Waals surface area contributed by atoms with Gasteiger partial charge in [-0.25, -0.2) is 9.97 Å². The van der Waals surface area contributed by atoms with Crippen LogP contribution < -0.4 is 10.2 Å². The second-order valence-electron chi connectivity index (χ2n) is 7.20. The predicted molar refractivity (Wildman–Crippen MR) is 110 cm³/mol. The molecule has 0 spiro atoms. The Bertz CT molecular complexity index is 866. The number of hydrogen-bond acceptors (Lipinski definition) is 5. The van der Waals surface area contributed by atoms with Crippen molar-refractivity contribution in [3.8, 4) is 11.4 Å². The van der Waals surface area contributed by atoms with Crippen molar-refractivity contribution in [1.29, 1.82) is 0 Å². The summed E-state index contributed by atoms with van der Waals surface area (Å²) in [7, 11) is 0. The summed E-state index contributed by atoms with van der Waals surface area (Å²) in [5.41, 5.74) is 2.22. The highest BCUT2D eigenvalue weighted by atomic mass is 15.2. The van der Waals surface area contributed by atoms with Crippen LogP contribution in [0, 0.1) is 5.92 Å². The molecule has 0 aliphatic carbocycles. The Morgan fingerprint density at radius 3 is 2.67 bits per heavy atom. The Hall–Kier alpha value is -2.95. The fourth-order valence-corrected chi connectivity index (χ4v) is 3.49. The van der Waals surface area contributed by atoms with Gasteiger partial charge in [0.05, 0.1) is 0 Å². The van der Waals surface area contributed by atoms with Crippen molar-refractivity contribution in [1.82, 2.24) is 15.0 Å². The fraction of sp³-hybridized carbons (Fsp3) is 0.318. The first kappa shape index (κ1) is 17.5. The lowest BCUT2D eigenvalue weighted by Gasteiger charge is -2.32. The van der Waals surface area contributed by atoms with Gasteiger partial charge in [0.15, 0.2) is 5.82 Å². The van der Waals surface area contributed by atoms with Crippen LogP contribution in [0.15, 0.2) is 60.9 Å². The SMILES string of the molecule is CC1CCCN(c2cc(NCc3ccncc3)nc(-c3ccccc3)n2)C1. The minimum atomic E-state index is 0.696. The number of hydrogen-bond donors (Lipinski definition) is 1. The van der Waals surface area contributed by atoms with Crippen molar-refractivity contribution in [2.75, 3.05) is 23.3 Å². The van der Waals surface area contributed by atoms with E-state index in [4.69, 9.17) is 9.97 Å². The van der Waals surface area contributed by atoms with Gasteiger partial charge >= 0.3 is 0 Å². The van der Waals surface area contributed by atoms with Gasteiger partial charge in [-0.2, -0.15) is 0 Å². The van der Waals surface area contributed by atoms with Crippen LogP contribution in [0.5, 0.6) is 0 Å². The third-order valence-electron chi connectivity index (χ3n) is 4.95. The van der Waals surface area contributed by atoms with Crippen molar-refractivity contribution in [3.05, 3.63) is 66.5 Å². The van der Waals surface area contributed by atoms with E-state index in [0.717, 1.165) is 36.1 Å². The first-order valence-corrected chi connectivity index (χ1v) is 9.60. The van der Waals surface area contributed by atoms with E-state index in [9.17, 15) is 0 Å². The molecule has 138 valence electrons. The zero-order chi connectivity index (χ0) is 18.5. The van der Waals surface area contributed by atoms with Crippen LogP contribution in [-0.4, -0.2) is 28.0 Å². The largest absolute Gasteiger partial charge is 0.366 e. The van der Waals surface area contributed by atoms with E-state index >= 15 is 0 Å². The molecular weight excluding hydrogens is 334 g/mol. The smallest absolute Gasteiger partial charge is 0.163 e. The maximum Gasteiger partial charge on any atom is 0.163 e. The maximum absolute atomic E-state index is 4.88. The zero-order valence-electron chi connectivity index (χ0n) is 15.7. The number of benzene rings is 1. The summed E-state index contributed by atoms with van der Waals surface area (Å²) in [6.45, 7) is 5.13. The van der Waals surface area contributed by atoms with Gasteiger partial charge in [0.25, 0.3) is 0 Å². The molecule has 27 heavy (non-hydrogen) atoms. The summed E-state index contributed by atoms with van der Waals surface area (Å²) in [5.74, 6) is 3.33. The van der Waals surface area contributed by atoms with Crippen LogP contribution in [0.25, 0.3) is 11.4 Å². The van der Waals surface area contributed by atoms with Crippen LogP contribution in [0.3, 0.4) is 0 Å². The molecule has 1 unspecified atom stereocenters. The molecular formula is C22H25N5. The lowest BCUT2D eigenvalue weighted by Crippen LogP contribution is -2.35. The van der Waals surface area contributed by atoms with E-state index in [0.29, 0.717) is 12.5 Å². The van der Waals surface area contributed by atoms with Crippen LogP contribution >= 0.6 is 0 Å². The fourth-order valence-electron chi connectivity index (χ4n) is 3.49. The molecule has 0 saturated carbocycles. The highest BCUT2D eigenvalue weighted by Gasteiger charge is 2.19. The van der Waals surface area contributed by atoms with Gasteiger partial charge in [-0.1, -0.05) is 37.3 Å². The molecule has 1 aromatic carbocycles. The second kappa shape index (κ2) is 8.16. The summed E-state index contributed by atoms with van der Waals surface area (Å²) in [4.78, 5) is 16.1. The van der Waals surface area contributed by atoms with Crippen molar-refractivity contribution in [2.45, 2.75) is 26.3 Å². The number of nitrogens with zero attached hydrogens (tertiary/aromatic N) is 4. The summed E-state index contributed by atoms with van der Waals surface area (Å²) in [5, 5.41) is 3.46. The topological polar surface area (TPSA) is 53.9 Å². The van der Waals surface area contributed by atoms with Gasteiger partial charge in [0.2, 0.25) is 0 Å². The van der Waals surface area contributed by atoms with Gasteiger partial charge in [0.1, 0.15) is 11.6 Å². The molecule has 1 aliphatic rings. The summed E-state index contributed by atoms with van der Waals surface area (Å²) in [6.07, 6.45) is 6.13. The zero-order valence-corrected chi connectivity index (χ0v) is 15.7. The van der Waals surface area contributed by atoms with Crippen LogP contribution in [0.1, 0.15) is 25.3 Å². The Balaban J connectivity index is 1.63. The van der Waals surface area contributed by atoms with E-state index < -0.39 is 0 Å². The quantitative estimate of drug-likeness (QED) is 0.732. The number of anilines is 2.